The molecule has 3 atom stereocenters. The Bertz CT molecular complexity index is 941. The first-order valence-electron chi connectivity index (χ1n) is 9.47. The van der Waals surface area contributed by atoms with Gasteiger partial charge in [0.25, 0.3) is 10.1 Å². The largest absolute Gasteiger partial charge is 0.368 e. The number of rotatable bonds is 7. The van der Waals surface area contributed by atoms with E-state index >= 15 is 0 Å². The van der Waals surface area contributed by atoms with Gasteiger partial charge in [0.05, 0.1) is 23.7 Å². The number of aryl methyl sites for hydroxylation is 1. The van der Waals surface area contributed by atoms with Gasteiger partial charge in [-0.25, -0.2) is 0 Å². The maximum absolute atomic E-state index is 12.5. The molecule has 2 aromatic carbocycles. The Kier molecular flexibility index (Phi) is 6.84. The highest BCUT2D eigenvalue weighted by Crippen LogP contribution is 2.32. The molecule has 0 spiro atoms. The van der Waals surface area contributed by atoms with E-state index in [1.165, 1.54) is 18.2 Å². The molecule has 3 rings (SSSR count). The predicted molar refractivity (Wildman–Crippen MR) is 110 cm³/mol. The minimum atomic E-state index is -3.89. The molecule has 6 nitrogen and oxygen atoms in total. The SMILES string of the molecule is C=CC(=O)N[C@H]1C[C@@H](COS(=O)(=O)c2ccc(C)cc2)O[C@@H](c2ccccc2)C1. The molecule has 7 heteroatoms. The Morgan fingerprint density at radius 1 is 1.17 bits per heavy atom. The fourth-order valence-corrected chi connectivity index (χ4v) is 4.26. The predicted octanol–water partition coefficient (Wildman–Crippen LogP) is 3.29. The van der Waals surface area contributed by atoms with E-state index in [9.17, 15) is 13.2 Å². The third-order valence-corrected chi connectivity index (χ3v) is 6.12. The van der Waals surface area contributed by atoms with Gasteiger partial charge in [0.2, 0.25) is 5.91 Å². The number of nitrogens with one attached hydrogen (secondary N) is 1. The number of carbonyl (C=O) groups excluding carboxylic acids is 1. The summed E-state index contributed by atoms with van der Waals surface area (Å²) in [5.74, 6) is -0.268. The second kappa shape index (κ2) is 9.35. The first kappa shape index (κ1) is 21.2. The van der Waals surface area contributed by atoms with Crippen LogP contribution < -0.4 is 5.32 Å². The smallest absolute Gasteiger partial charge is 0.297 e. The lowest BCUT2D eigenvalue weighted by Crippen LogP contribution is -2.44. The Morgan fingerprint density at radius 3 is 2.52 bits per heavy atom. The van der Waals surface area contributed by atoms with Gasteiger partial charge < -0.3 is 10.1 Å². The van der Waals surface area contributed by atoms with Crippen LogP contribution in [-0.4, -0.2) is 33.1 Å². The highest BCUT2D eigenvalue weighted by atomic mass is 32.2. The van der Waals surface area contributed by atoms with Crippen molar-refractivity contribution in [1.82, 2.24) is 5.32 Å². The molecule has 0 radical (unpaired) electrons. The van der Waals surface area contributed by atoms with Gasteiger partial charge in [-0.1, -0.05) is 54.6 Å². The van der Waals surface area contributed by atoms with Crippen molar-refractivity contribution in [1.29, 1.82) is 0 Å². The molecule has 0 bridgehead atoms. The van der Waals surface area contributed by atoms with Gasteiger partial charge in [0, 0.05) is 6.04 Å². The van der Waals surface area contributed by atoms with Gasteiger partial charge in [-0.2, -0.15) is 8.42 Å². The second-order valence-corrected chi connectivity index (χ2v) is 8.71. The number of amides is 1. The van der Waals surface area contributed by atoms with Gasteiger partial charge in [0.15, 0.2) is 0 Å². The lowest BCUT2D eigenvalue weighted by Gasteiger charge is -2.35. The van der Waals surface area contributed by atoms with Crippen molar-refractivity contribution in [3.05, 3.63) is 78.4 Å². The number of carbonyl (C=O) groups is 1. The summed E-state index contributed by atoms with van der Waals surface area (Å²) in [6.07, 6.45) is 1.51. The number of hydrogen-bond acceptors (Lipinski definition) is 5. The monoisotopic (exact) mass is 415 g/mol. The van der Waals surface area contributed by atoms with Crippen LogP contribution in [0.25, 0.3) is 0 Å². The van der Waals surface area contributed by atoms with Crippen molar-refractivity contribution in [2.75, 3.05) is 6.61 Å². The van der Waals surface area contributed by atoms with Gasteiger partial charge >= 0.3 is 0 Å². The van der Waals surface area contributed by atoms with E-state index in [2.05, 4.69) is 11.9 Å². The zero-order valence-corrected chi connectivity index (χ0v) is 17.1. The van der Waals surface area contributed by atoms with Crippen LogP contribution >= 0.6 is 0 Å². The van der Waals surface area contributed by atoms with Crippen molar-refractivity contribution < 1.29 is 22.1 Å². The van der Waals surface area contributed by atoms with Gasteiger partial charge in [0.1, 0.15) is 0 Å². The summed E-state index contributed by atoms with van der Waals surface area (Å²) in [6, 6.07) is 16.0. The van der Waals surface area contributed by atoms with Crippen LogP contribution in [0, 0.1) is 6.92 Å². The highest BCUT2D eigenvalue weighted by molar-refractivity contribution is 7.86. The topological polar surface area (TPSA) is 81.7 Å². The third-order valence-electron chi connectivity index (χ3n) is 4.82. The Morgan fingerprint density at radius 2 is 1.86 bits per heavy atom. The zero-order valence-electron chi connectivity index (χ0n) is 16.3. The molecule has 1 saturated heterocycles. The molecule has 0 aromatic heterocycles. The molecule has 0 aliphatic carbocycles. The fraction of sp³-hybridized carbons (Fsp3) is 0.318. The molecule has 1 fully saturated rings. The molecular weight excluding hydrogens is 390 g/mol. The Balaban J connectivity index is 1.71. The van der Waals surface area contributed by atoms with Crippen molar-refractivity contribution >= 4 is 16.0 Å². The first-order chi connectivity index (χ1) is 13.9. The maximum Gasteiger partial charge on any atom is 0.297 e. The van der Waals surface area contributed by atoms with Crippen LogP contribution in [-0.2, 0) is 23.8 Å². The summed E-state index contributed by atoms with van der Waals surface area (Å²) < 4.78 is 36.3. The van der Waals surface area contributed by atoms with E-state index in [-0.39, 0.29) is 29.6 Å². The molecule has 1 amide bonds. The van der Waals surface area contributed by atoms with Gasteiger partial charge in [-0.15, -0.1) is 0 Å². The minimum Gasteiger partial charge on any atom is -0.368 e. The molecule has 0 saturated carbocycles. The van der Waals surface area contributed by atoms with E-state index in [1.54, 1.807) is 12.1 Å². The summed E-state index contributed by atoms with van der Waals surface area (Å²) in [7, 11) is -3.89. The quantitative estimate of drug-likeness (QED) is 0.554. The minimum absolute atomic E-state index is 0.107. The standard InChI is InChI=1S/C22H25NO5S/c1-3-22(24)23-18-13-19(28-21(14-18)17-7-5-4-6-8-17)15-27-29(25,26)20-11-9-16(2)10-12-20/h3-12,18-19,21H,1,13-15H2,2H3,(H,23,24)/t18-,19-,21+/m0/s1. The van der Waals surface area contributed by atoms with Crippen molar-refractivity contribution in [2.24, 2.45) is 0 Å². The summed E-state index contributed by atoms with van der Waals surface area (Å²) in [5, 5.41) is 2.89. The molecule has 29 heavy (non-hydrogen) atoms. The summed E-state index contributed by atoms with van der Waals surface area (Å²) in [5.41, 5.74) is 1.93. The normalized spacial score (nSPS) is 22.0. The maximum atomic E-state index is 12.5. The second-order valence-electron chi connectivity index (χ2n) is 7.09. The fourth-order valence-electron chi connectivity index (χ4n) is 3.32. The molecule has 1 heterocycles. The van der Waals surface area contributed by atoms with Gasteiger partial charge in [-0.05, 0) is 43.5 Å². The van der Waals surface area contributed by atoms with E-state index < -0.39 is 16.2 Å². The molecule has 1 N–H and O–H groups in total. The van der Waals surface area contributed by atoms with Crippen LogP contribution in [0.3, 0.4) is 0 Å². The molecular formula is C22H25NO5S. The molecule has 0 unspecified atom stereocenters. The van der Waals surface area contributed by atoms with Crippen LogP contribution in [0.4, 0.5) is 0 Å². The van der Waals surface area contributed by atoms with E-state index in [0.29, 0.717) is 12.8 Å². The molecule has 1 aliphatic rings. The Labute approximate surface area is 171 Å². The van der Waals surface area contributed by atoms with Crippen molar-refractivity contribution in [3.63, 3.8) is 0 Å². The van der Waals surface area contributed by atoms with Crippen LogP contribution in [0.1, 0.15) is 30.1 Å². The number of benzene rings is 2. The lowest BCUT2D eigenvalue weighted by molar-refractivity contribution is -0.120. The lowest BCUT2D eigenvalue weighted by atomic mass is 9.94. The highest BCUT2D eigenvalue weighted by Gasteiger charge is 2.32. The average Bonchev–Trinajstić information content (AvgIpc) is 2.73. The zero-order chi connectivity index (χ0) is 20.9. The van der Waals surface area contributed by atoms with Crippen LogP contribution in [0.15, 0.2) is 72.1 Å². The number of ether oxygens (including phenoxy) is 1. The summed E-state index contributed by atoms with van der Waals surface area (Å²) in [4.78, 5) is 11.9. The first-order valence-corrected chi connectivity index (χ1v) is 10.9. The molecule has 2 aromatic rings. The summed E-state index contributed by atoms with van der Waals surface area (Å²) in [6.45, 7) is 5.24. The number of hydrogen-bond donors (Lipinski definition) is 1. The molecule has 154 valence electrons. The van der Waals surface area contributed by atoms with Crippen molar-refractivity contribution in [3.8, 4) is 0 Å². The average molecular weight is 416 g/mol. The van der Waals surface area contributed by atoms with Crippen LogP contribution in [0.5, 0.6) is 0 Å². The van der Waals surface area contributed by atoms with E-state index in [1.807, 2.05) is 37.3 Å². The molecule has 1 aliphatic heterocycles. The van der Waals surface area contributed by atoms with Crippen molar-refractivity contribution in [2.45, 2.75) is 42.9 Å². The van der Waals surface area contributed by atoms with Crippen LogP contribution in [0.2, 0.25) is 0 Å². The van der Waals surface area contributed by atoms with E-state index in [0.717, 1.165) is 11.1 Å². The summed E-state index contributed by atoms with van der Waals surface area (Å²) >= 11 is 0. The third kappa shape index (κ3) is 5.76. The van der Waals surface area contributed by atoms with Gasteiger partial charge in [-0.3, -0.25) is 8.98 Å². The Hall–Kier alpha value is -2.48. The van der Waals surface area contributed by atoms with E-state index in [4.69, 9.17) is 8.92 Å².